The highest BCUT2D eigenvalue weighted by Crippen LogP contribution is 2.17. The third-order valence-electron chi connectivity index (χ3n) is 4.23. The summed E-state index contributed by atoms with van der Waals surface area (Å²) in [5.74, 6) is -0.296. The van der Waals surface area contributed by atoms with E-state index in [0.29, 0.717) is 17.3 Å². The summed E-state index contributed by atoms with van der Waals surface area (Å²) in [5.41, 5.74) is 0.431. The number of anilines is 1. The van der Waals surface area contributed by atoms with Gasteiger partial charge in [-0.15, -0.1) is 0 Å². The van der Waals surface area contributed by atoms with Gasteiger partial charge in [-0.05, 0) is 35.7 Å². The minimum Gasteiger partial charge on any atom is -0.320 e. The van der Waals surface area contributed by atoms with E-state index in [1.165, 1.54) is 7.05 Å². The Bertz CT molecular complexity index is 1080. The number of hydrogen-bond acceptors (Lipinski definition) is 4. The van der Waals surface area contributed by atoms with E-state index in [1.807, 2.05) is 12.1 Å². The molecular weight excluding hydrogens is 344 g/mol. The number of nitrogens with zero attached hydrogens (tertiary/aromatic N) is 3. The Balaban J connectivity index is 1.98. The van der Waals surface area contributed by atoms with E-state index in [0.717, 1.165) is 14.8 Å². The molecule has 0 atom stereocenters. The molecule has 1 aromatic heterocycles. The smallest absolute Gasteiger partial charge is 0.320 e. The molecule has 0 aliphatic rings. The van der Waals surface area contributed by atoms with E-state index in [1.54, 1.807) is 42.5 Å². The topological polar surface area (TPSA) is 86.0 Å². The summed E-state index contributed by atoms with van der Waals surface area (Å²) >= 11 is 0. The molecule has 7 heteroatoms. The third-order valence-corrected chi connectivity index (χ3v) is 4.23. The number of benzene rings is 2. The van der Waals surface area contributed by atoms with E-state index in [-0.39, 0.29) is 5.69 Å². The molecule has 138 valence electrons. The molecule has 1 amide bonds. The van der Waals surface area contributed by atoms with Crippen molar-refractivity contribution in [1.29, 1.82) is 0 Å². The van der Waals surface area contributed by atoms with Gasteiger partial charge in [0.1, 0.15) is 0 Å². The van der Waals surface area contributed by atoms with Gasteiger partial charge in [0.25, 0.3) is 11.5 Å². The molecule has 0 bridgehead atoms. The number of carbonyl (C=O) groups excluding carboxylic acids is 1. The molecule has 1 heterocycles. The van der Waals surface area contributed by atoms with Crippen LogP contribution >= 0.6 is 0 Å². The van der Waals surface area contributed by atoms with E-state index >= 15 is 0 Å². The summed E-state index contributed by atoms with van der Waals surface area (Å²) in [6, 6.07) is 16.0. The highest BCUT2D eigenvalue weighted by molar-refractivity contribution is 6.02. The summed E-state index contributed by atoms with van der Waals surface area (Å²) < 4.78 is 1.91. The first-order chi connectivity index (χ1) is 12.9. The average molecular weight is 364 g/mol. The molecular formula is C20H20N4O3. The second kappa shape index (κ2) is 7.41. The standard InChI is InChI=1S/C20H20N4O3/c1-13(2)14-9-11-15(12-10-14)21-18(25)17-19(26)23(3)20(27)24(22-17)16-7-5-4-6-8-16/h4-13H,1-3H3,(H,21,25). The maximum absolute atomic E-state index is 12.6. The van der Waals surface area contributed by atoms with Crippen LogP contribution < -0.4 is 16.6 Å². The maximum Gasteiger partial charge on any atom is 0.351 e. The molecule has 0 aliphatic heterocycles. The minimum atomic E-state index is -0.747. The van der Waals surface area contributed by atoms with Crippen LogP contribution in [-0.4, -0.2) is 20.3 Å². The van der Waals surface area contributed by atoms with Crippen LogP contribution in [0.15, 0.2) is 64.2 Å². The van der Waals surface area contributed by atoms with Gasteiger partial charge >= 0.3 is 5.69 Å². The van der Waals surface area contributed by atoms with Gasteiger partial charge in [-0.1, -0.05) is 44.2 Å². The van der Waals surface area contributed by atoms with Gasteiger partial charge in [-0.25, -0.2) is 4.79 Å². The van der Waals surface area contributed by atoms with Crippen LogP contribution in [0.25, 0.3) is 5.69 Å². The lowest BCUT2D eigenvalue weighted by Gasteiger charge is -2.10. The molecule has 0 fully saturated rings. The third kappa shape index (κ3) is 3.72. The Morgan fingerprint density at radius 1 is 1.00 bits per heavy atom. The Morgan fingerprint density at radius 3 is 2.22 bits per heavy atom. The molecule has 0 aliphatic carbocycles. The number of rotatable bonds is 4. The lowest BCUT2D eigenvalue weighted by Crippen LogP contribution is -2.43. The Hall–Kier alpha value is -3.48. The molecule has 0 unspecified atom stereocenters. The normalized spacial score (nSPS) is 10.8. The second-order valence-corrected chi connectivity index (χ2v) is 6.47. The van der Waals surface area contributed by atoms with Crippen LogP contribution in [0.2, 0.25) is 0 Å². The van der Waals surface area contributed by atoms with E-state index in [4.69, 9.17) is 0 Å². The number of hydrogen-bond donors (Lipinski definition) is 1. The number of carbonyl (C=O) groups is 1. The fourth-order valence-corrected chi connectivity index (χ4v) is 2.59. The SMILES string of the molecule is CC(C)c1ccc(NC(=O)c2nn(-c3ccccc3)c(=O)n(C)c2=O)cc1. The van der Waals surface area contributed by atoms with E-state index in [9.17, 15) is 14.4 Å². The molecule has 3 aromatic rings. The summed E-state index contributed by atoms with van der Waals surface area (Å²) in [6.45, 7) is 4.15. The van der Waals surface area contributed by atoms with Gasteiger partial charge in [0, 0.05) is 12.7 Å². The van der Waals surface area contributed by atoms with Crippen molar-refractivity contribution in [2.75, 3.05) is 5.32 Å². The summed E-state index contributed by atoms with van der Waals surface area (Å²) in [7, 11) is 1.32. The highest BCUT2D eigenvalue weighted by Gasteiger charge is 2.18. The lowest BCUT2D eigenvalue weighted by molar-refractivity contribution is 0.101. The van der Waals surface area contributed by atoms with E-state index in [2.05, 4.69) is 24.3 Å². The van der Waals surface area contributed by atoms with Crippen LogP contribution in [0.3, 0.4) is 0 Å². The largest absolute Gasteiger partial charge is 0.351 e. The predicted octanol–water partition coefficient (Wildman–Crippen LogP) is 2.31. The number of amides is 1. The van der Waals surface area contributed by atoms with Crippen molar-refractivity contribution in [3.63, 3.8) is 0 Å². The number of nitrogens with one attached hydrogen (secondary N) is 1. The molecule has 7 nitrogen and oxygen atoms in total. The van der Waals surface area contributed by atoms with Gasteiger partial charge < -0.3 is 5.32 Å². The zero-order valence-electron chi connectivity index (χ0n) is 15.3. The van der Waals surface area contributed by atoms with Crippen LogP contribution in [0.1, 0.15) is 35.8 Å². The zero-order chi connectivity index (χ0) is 19.6. The summed E-state index contributed by atoms with van der Waals surface area (Å²) in [4.78, 5) is 37.3. The van der Waals surface area contributed by atoms with Crippen molar-refractivity contribution < 1.29 is 4.79 Å². The van der Waals surface area contributed by atoms with Crippen molar-refractivity contribution in [2.24, 2.45) is 7.05 Å². The molecule has 1 N–H and O–H groups in total. The first-order valence-electron chi connectivity index (χ1n) is 8.55. The van der Waals surface area contributed by atoms with Crippen molar-refractivity contribution in [2.45, 2.75) is 19.8 Å². The van der Waals surface area contributed by atoms with Crippen LogP contribution in [0, 0.1) is 0 Å². The summed E-state index contributed by atoms with van der Waals surface area (Å²) in [5, 5.41) is 6.66. The fraction of sp³-hybridized carbons (Fsp3) is 0.200. The van der Waals surface area contributed by atoms with Crippen LogP contribution in [0.4, 0.5) is 5.69 Å². The average Bonchev–Trinajstić information content (AvgIpc) is 2.67. The highest BCUT2D eigenvalue weighted by atomic mass is 16.2. The van der Waals surface area contributed by atoms with Crippen LogP contribution in [0.5, 0.6) is 0 Å². The monoisotopic (exact) mass is 364 g/mol. The first kappa shape index (κ1) is 18.3. The molecule has 0 spiro atoms. The van der Waals surface area contributed by atoms with Crippen molar-refractivity contribution in [1.82, 2.24) is 14.3 Å². The Labute approximate surface area is 155 Å². The van der Waals surface area contributed by atoms with Gasteiger partial charge in [-0.3, -0.25) is 14.2 Å². The van der Waals surface area contributed by atoms with Gasteiger partial charge in [0.15, 0.2) is 0 Å². The van der Waals surface area contributed by atoms with Crippen molar-refractivity contribution in [3.05, 3.63) is 86.7 Å². The van der Waals surface area contributed by atoms with Crippen LogP contribution in [-0.2, 0) is 7.05 Å². The van der Waals surface area contributed by atoms with Gasteiger partial charge in [0.2, 0.25) is 5.69 Å². The van der Waals surface area contributed by atoms with E-state index < -0.39 is 17.2 Å². The van der Waals surface area contributed by atoms with Gasteiger partial charge in [0.05, 0.1) is 5.69 Å². The molecule has 0 saturated heterocycles. The molecule has 2 aromatic carbocycles. The summed E-state index contributed by atoms with van der Waals surface area (Å²) in [6.07, 6.45) is 0. The maximum atomic E-state index is 12.6. The quantitative estimate of drug-likeness (QED) is 0.770. The van der Waals surface area contributed by atoms with Crippen molar-refractivity contribution >= 4 is 11.6 Å². The molecule has 0 saturated carbocycles. The Morgan fingerprint density at radius 2 is 1.63 bits per heavy atom. The Kier molecular flexibility index (Phi) is 5.03. The number of aromatic nitrogens is 3. The minimum absolute atomic E-state index is 0.353. The predicted molar refractivity (Wildman–Crippen MR) is 104 cm³/mol. The lowest BCUT2D eigenvalue weighted by atomic mass is 10.0. The molecule has 27 heavy (non-hydrogen) atoms. The second-order valence-electron chi connectivity index (χ2n) is 6.47. The van der Waals surface area contributed by atoms with Crippen molar-refractivity contribution in [3.8, 4) is 5.69 Å². The number of para-hydroxylation sites is 1. The fourth-order valence-electron chi connectivity index (χ4n) is 2.59. The molecule has 3 rings (SSSR count). The zero-order valence-corrected chi connectivity index (χ0v) is 15.3. The molecule has 0 radical (unpaired) electrons. The first-order valence-corrected chi connectivity index (χ1v) is 8.55. The van der Waals surface area contributed by atoms with Gasteiger partial charge in [-0.2, -0.15) is 9.78 Å².